The number of nitro groups is 1. The van der Waals surface area contributed by atoms with Gasteiger partial charge in [-0.1, -0.05) is 20.3 Å². The van der Waals surface area contributed by atoms with Crippen molar-refractivity contribution in [2.24, 2.45) is 0 Å². The molecule has 20 heavy (non-hydrogen) atoms. The zero-order chi connectivity index (χ0) is 15.1. The van der Waals surface area contributed by atoms with Crippen LogP contribution >= 0.6 is 11.6 Å². The SMILES string of the molecule is CCCCN(c1ccc([N+](=O)[O-])cc1CCl)C(C)CC. The third kappa shape index (κ3) is 4.10. The molecule has 0 aliphatic heterocycles. The summed E-state index contributed by atoms with van der Waals surface area (Å²) in [5, 5.41) is 10.9. The van der Waals surface area contributed by atoms with E-state index < -0.39 is 0 Å². The average molecular weight is 299 g/mol. The van der Waals surface area contributed by atoms with Crippen LogP contribution in [0.2, 0.25) is 0 Å². The van der Waals surface area contributed by atoms with Crippen LogP contribution in [0.1, 0.15) is 45.6 Å². The van der Waals surface area contributed by atoms with Crippen LogP contribution in [0.4, 0.5) is 11.4 Å². The number of alkyl halides is 1. The second-order valence-corrected chi connectivity index (χ2v) is 5.28. The lowest BCUT2D eigenvalue weighted by atomic mass is 10.1. The molecule has 1 unspecified atom stereocenters. The van der Waals surface area contributed by atoms with E-state index in [9.17, 15) is 10.1 Å². The fraction of sp³-hybridized carbons (Fsp3) is 0.600. The van der Waals surface area contributed by atoms with Gasteiger partial charge in [-0.15, -0.1) is 11.6 Å². The minimum atomic E-state index is -0.376. The predicted octanol–water partition coefficient (Wildman–Crippen LogP) is 4.74. The highest BCUT2D eigenvalue weighted by Crippen LogP contribution is 2.29. The average Bonchev–Trinajstić information content (AvgIpc) is 2.47. The van der Waals surface area contributed by atoms with Crippen molar-refractivity contribution in [3.8, 4) is 0 Å². The maximum Gasteiger partial charge on any atom is 0.269 e. The van der Waals surface area contributed by atoms with E-state index in [1.54, 1.807) is 12.1 Å². The van der Waals surface area contributed by atoms with Crippen molar-refractivity contribution in [2.45, 2.75) is 52.0 Å². The van der Waals surface area contributed by atoms with Crippen molar-refractivity contribution in [3.05, 3.63) is 33.9 Å². The van der Waals surface area contributed by atoms with Gasteiger partial charge < -0.3 is 4.90 Å². The Balaban J connectivity index is 3.14. The smallest absolute Gasteiger partial charge is 0.269 e. The lowest BCUT2D eigenvalue weighted by Gasteiger charge is -2.32. The molecule has 0 N–H and O–H groups in total. The van der Waals surface area contributed by atoms with Crippen LogP contribution in [-0.2, 0) is 5.88 Å². The zero-order valence-corrected chi connectivity index (χ0v) is 13.2. The van der Waals surface area contributed by atoms with Gasteiger partial charge >= 0.3 is 0 Å². The Hall–Kier alpha value is -1.29. The highest BCUT2D eigenvalue weighted by molar-refractivity contribution is 6.17. The van der Waals surface area contributed by atoms with Gasteiger partial charge in [0.05, 0.1) is 4.92 Å². The molecule has 0 aliphatic rings. The Bertz CT molecular complexity index is 451. The lowest BCUT2D eigenvalue weighted by Crippen LogP contribution is -2.34. The van der Waals surface area contributed by atoms with E-state index in [4.69, 9.17) is 11.6 Å². The molecule has 1 aromatic rings. The molecule has 1 aromatic carbocycles. The van der Waals surface area contributed by atoms with Crippen LogP contribution in [0.15, 0.2) is 18.2 Å². The maximum absolute atomic E-state index is 10.9. The van der Waals surface area contributed by atoms with Gasteiger partial charge in [0.1, 0.15) is 0 Å². The Labute approximate surface area is 125 Å². The van der Waals surface area contributed by atoms with Gasteiger partial charge in [0.25, 0.3) is 5.69 Å². The summed E-state index contributed by atoms with van der Waals surface area (Å²) >= 11 is 5.99. The van der Waals surface area contributed by atoms with E-state index in [2.05, 4.69) is 25.7 Å². The van der Waals surface area contributed by atoms with Crippen molar-refractivity contribution < 1.29 is 4.92 Å². The Morgan fingerprint density at radius 3 is 2.60 bits per heavy atom. The molecule has 0 radical (unpaired) electrons. The quantitative estimate of drug-likeness (QED) is 0.396. The Morgan fingerprint density at radius 1 is 1.40 bits per heavy atom. The first kappa shape index (κ1) is 16.8. The Kier molecular flexibility index (Phi) is 6.79. The van der Waals surface area contributed by atoms with E-state index in [0.717, 1.165) is 37.1 Å². The van der Waals surface area contributed by atoms with Crippen LogP contribution in [0.5, 0.6) is 0 Å². The van der Waals surface area contributed by atoms with Gasteiger partial charge in [-0.25, -0.2) is 0 Å². The van der Waals surface area contributed by atoms with E-state index in [1.165, 1.54) is 0 Å². The number of halogens is 1. The molecular weight excluding hydrogens is 276 g/mol. The van der Waals surface area contributed by atoms with E-state index in [-0.39, 0.29) is 16.5 Å². The summed E-state index contributed by atoms with van der Waals surface area (Å²) in [4.78, 5) is 12.8. The van der Waals surface area contributed by atoms with Gasteiger partial charge in [-0.2, -0.15) is 0 Å². The summed E-state index contributed by atoms with van der Waals surface area (Å²) in [6.07, 6.45) is 3.25. The molecule has 0 aromatic heterocycles. The van der Waals surface area contributed by atoms with Gasteiger partial charge in [0.2, 0.25) is 0 Å². The van der Waals surface area contributed by atoms with Crippen LogP contribution in [-0.4, -0.2) is 17.5 Å². The first-order valence-electron chi connectivity index (χ1n) is 7.15. The Morgan fingerprint density at radius 2 is 2.10 bits per heavy atom. The minimum Gasteiger partial charge on any atom is -0.369 e. The molecule has 0 heterocycles. The molecule has 1 atom stereocenters. The van der Waals surface area contributed by atoms with Gasteiger partial charge in [0.15, 0.2) is 0 Å². The molecule has 0 spiro atoms. The number of nitro benzene ring substituents is 1. The van der Waals surface area contributed by atoms with Crippen molar-refractivity contribution in [3.63, 3.8) is 0 Å². The summed E-state index contributed by atoms with van der Waals surface area (Å²) in [5.74, 6) is 0.288. The fourth-order valence-electron chi connectivity index (χ4n) is 2.20. The molecule has 0 bridgehead atoms. The van der Waals surface area contributed by atoms with Crippen molar-refractivity contribution in [2.75, 3.05) is 11.4 Å². The van der Waals surface area contributed by atoms with Crippen molar-refractivity contribution in [1.82, 2.24) is 0 Å². The second-order valence-electron chi connectivity index (χ2n) is 5.01. The zero-order valence-electron chi connectivity index (χ0n) is 12.4. The number of nitrogens with zero attached hydrogens (tertiary/aromatic N) is 2. The number of anilines is 1. The van der Waals surface area contributed by atoms with Gasteiger partial charge in [0, 0.05) is 36.3 Å². The lowest BCUT2D eigenvalue weighted by molar-refractivity contribution is -0.384. The summed E-state index contributed by atoms with van der Waals surface area (Å²) in [6, 6.07) is 5.37. The van der Waals surface area contributed by atoms with Crippen molar-refractivity contribution >= 4 is 23.0 Å². The summed E-state index contributed by atoms with van der Waals surface area (Å²) in [7, 11) is 0. The first-order chi connectivity index (χ1) is 9.54. The second kappa shape index (κ2) is 8.10. The molecule has 0 amide bonds. The van der Waals surface area contributed by atoms with E-state index >= 15 is 0 Å². The van der Waals surface area contributed by atoms with Crippen LogP contribution in [0.25, 0.3) is 0 Å². The van der Waals surface area contributed by atoms with Gasteiger partial charge in [-0.3, -0.25) is 10.1 Å². The largest absolute Gasteiger partial charge is 0.369 e. The number of hydrogen-bond acceptors (Lipinski definition) is 3. The number of unbranched alkanes of at least 4 members (excludes halogenated alkanes) is 1. The van der Waals surface area contributed by atoms with Crippen LogP contribution < -0.4 is 4.90 Å². The highest BCUT2D eigenvalue weighted by Gasteiger charge is 2.18. The molecule has 5 heteroatoms. The predicted molar refractivity (Wildman–Crippen MR) is 84.7 cm³/mol. The number of hydrogen-bond donors (Lipinski definition) is 0. The summed E-state index contributed by atoms with van der Waals surface area (Å²) in [6.45, 7) is 7.44. The summed E-state index contributed by atoms with van der Waals surface area (Å²) < 4.78 is 0. The van der Waals surface area contributed by atoms with E-state index in [1.807, 2.05) is 6.07 Å². The molecule has 1 rings (SSSR count). The number of benzene rings is 1. The standard InChI is InChI=1S/C15H23ClN2O2/c1-4-6-9-17(12(3)5-2)15-8-7-14(18(19)20)10-13(15)11-16/h7-8,10,12H,4-6,9,11H2,1-3H3. The molecule has 112 valence electrons. The third-order valence-electron chi connectivity index (χ3n) is 3.60. The third-order valence-corrected chi connectivity index (χ3v) is 3.89. The fourth-order valence-corrected chi connectivity index (χ4v) is 2.41. The monoisotopic (exact) mass is 298 g/mol. The topological polar surface area (TPSA) is 46.4 Å². The first-order valence-corrected chi connectivity index (χ1v) is 7.68. The molecule has 4 nitrogen and oxygen atoms in total. The minimum absolute atomic E-state index is 0.101. The number of rotatable bonds is 8. The number of non-ortho nitro benzene ring substituents is 1. The molecule has 0 aliphatic carbocycles. The van der Waals surface area contributed by atoms with Gasteiger partial charge in [-0.05, 0) is 31.4 Å². The van der Waals surface area contributed by atoms with Crippen LogP contribution in [0.3, 0.4) is 0 Å². The molecular formula is C15H23ClN2O2. The van der Waals surface area contributed by atoms with E-state index in [0.29, 0.717) is 6.04 Å². The maximum atomic E-state index is 10.9. The molecule has 0 saturated heterocycles. The molecule has 0 fully saturated rings. The summed E-state index contributed by atoms with van der Waals surface area (Å²) in [5.41, 5.74) is 1.95. The molecule has 0 saturated carbocycles. The van der Waals surface area contributed by atoms with Crippen LogP contribution in [0, 0.1) is 10.1 Å². The highest BCUT2D eigenvalue weighted by atomic mass is 35.5. The normalized spacial score (nSPS) is 12.2. The van der Waals surface area contributed by atoms with Crippen molar-refractivity contribution in [1.29, 1.82) is 0 Å².